The summed E-state index contributed by atoms with van der Waals surface area (Å²) >= 11 is 0. The number of benzene rings is 1. The molecular weight excluding hydrogens is 220 g/mol. The highest BCUT2D eigenvalue weighted by molar-refractivity contribution is 5.94. The third kappa shape index (κ3) is 3.88. The first kappa shape index (κ1) is 13.2. The summed E-state index contributed by atoms with van der Waals surface area (Å²) in [6, 6.07) is 8.52. The molecular formula is C12H16N2O3. The fourth-order valence-corrected chi connectivity index (χ4v) is 1.21. The zero-order valence-electron chi connectivity index (χ0n) is 9.92. The van der Waals surface area contributed by atoms with Crippen LogP contribution in [0.3, 0.4) is 0 Å². The Kier molecular flexibility index (Phi) is 4.66. The molecule has 1 aromatic rings. The van der Waals surface area contributed by atoms with Crippen LogP contribution in [-0.4, -0.2) is 30.0 Å². The summed E-state index contributed by atoms with van der Waals surface area (Å²) in [5, 5.41) is 0. The highest BCUT2D eigenvalue weighted by Gasteiger charge is 2.20. The van der Waals surface area contributed by atoms with E-state index in [1.807, 2.05) is 30.3 Å². The number of carbonyl (C=O) groups excluding carboxylic acids is 2. The molecule has 17 heavy (non-hydrogen) atoms. The van der Waals surface area contributed by atoms with Crippen LogP contribution in [-0.2, 0) is 16.1 Å². The van der Waals surface area contributed by atoms with Crippen molar-refractivity contribution in [3.05, 3.63) is 35.9 Å². The van der Waals surface area contributed by atoms with Gasteiger partial charge >= 0.3 is 6.09 Å². The summed E-state index contributed by atoms with van der Waals surface area (Å²) in [7, 11) is 1.35. The number of ether oxygens (including phenoxy) is 1. The number of amides is 2. The van der Waals surface area contributed by atoms with Crippen LogP contribution in [0.15, 0.2) is 30.3 Å². The van der Waals surface area contributed by atoms with E-state index < -0.39 is 18.0 Å². The normalized spacial score (nSPS) is 11.7. The first-order valence-corrected chi connectivity index (χ1v) is 5.26. The third-order valence-corrected chi connectivity index (χ3v) is 2.20. The minimum atomic E-state index is -0.718. The Morgan fingerprint density at radius 3 is 2.47 bits per heavy atom. The van der Waals surface area contributed by atoms with E-state index in [0.717, 1.165) is 10.5 Å². The van der Waals surface area contributed by atoms with Crippen molar-refractivity contribution in [1.82, 2.24) is 4.90 Å². The number of nitrogens with two attached hydrogens (primary N) is 1. The number of hydrogen-bond acceptors (Lipinski definition) is 4. The van der Waals surface area contributed by atoms with E-state index >= 15 is 0 Å². The minimum Gasteiger partial charge on any atom is -0.444 e. The van der Waals surface area contributed by atoms with Crippen molar-refractivity contribution in [2.24, 2.45) is 5.73 Å². The van der Waals surface area contributed by atoms with Crippen molar-refractivity contribution >= 4 is 12.0 Å². The lowest BCUT2D eigenvalue weighted by atomic mass is 10.2. The van der Waals surface area contributed by atoms with E-state index in [0.29, 0.717) is 0 Å². The van der Waals surface area contributed by atoms with Crippen LogP contribution in [0.5, 0.6) is 0 Å². The summed E-state index contributed by atoms with van der Waals surface area (Å²) in [4.78, 5) is 23.8. The smallest absolute Gasteiger partial charge is 0.416 e. The van der Waals surface area contributed by atoms with Gasteiger partial charge in [-0.05, 0) is 12.5 Å². The molecule has 0 fully saturated rings. The standard InChI is InChI=1S/C12H16N2O3/c1-9(13)11(15)14(2)12(16)17-8-10-6-4-3-5-7-10/h3-7,9H,8,13H2,1-2H3/t9-/m0/s1. The third-order valence-electron chi connectivity index (χ3n) is 2.20. The van der Waals surface area contributed by atoms with Gasteiger partial charge < -0.3 is 10.5 Å². The second kappa shape index (κ2) is 6.00. The molecule has 5 nitrogen and oxygen atoms in total. The summed E-state index contributed by atoms with van der Waals surface area (Å²) in [5.74, 6) is -0.469. The lowest BCUT2D eigenvalue weighted by Gasteiger charge is -2.17. The van der Waals surface area contributed by atoms with E-state index in [4.69, 9.17) is 10.5 Å². The number of likely N-dealkylation sites (N-methyl/N-ethyl adjacent to an activating group) is 1. The zero-order chi connectivity index (χ0) is 12.8. The molecule has 0 saturated carbocycles. The quantitative estimate of drug-likeness (QED) is 0.853. The van der Waals surface area contributed by atoms with Gasteiger partial charge in [0.25, 0.3) is 0 Å². The molecule has 0 aliphatic rings. The van der Waals surface area contributed by atoms with Crippen LogP contribution in [0.25, 0.3) is 0 Å². The molecule has 1 aromatic carbocycles. The first-order chi connectivity index (χ1) is 8.02. The van der Waals surface area contributed by atoms with Gasteiger partial charge in [-0.15, -0.1) is 0 Å². The summed E-state index contributed by atoms with van der Waals surface area (Å²) in [5.41, 5.74) is 6.25. The second-order valence-electron chi connectivity index (χ2n) is 3.73. The van der Waals surface area contributed by atoms with Gasteiger partial charge in [-0.2, -0.15) is 0 Å². The van der Waals surface area contributed by atoms with Gasteiger partial charge in [0, 0.05) is 7.05 Å². The molecule has 0 unspecified atom stereocenters. The maximum Gasteiger partial charge on any atom is 0.416 e. The molecule has 5 heteroatoms. The first-order valence-electron chi connectivity index (χ1n) is 5.26. The molecule has 0 heterocycles. The molecule has 0 aliphatic carbocycles. The molecule has 0 radical (unpaired) electrons. The van der Waals surface area contributed by atoms with Crippen LogP contribution in [0.1, 0.15) is 12.5 Å². The van der Waals surface area contributed by atoms with E-state index in [-0.39, 0.29) is 6.61 Å². The SMILES string of the molecule is C[C@H](N)C(=O)N(C)C(=O)OCc1ccccc1. The lowest BCUT2D eigenvalue weighted by molar-refractivity contribution is -0.129. The van der Waals surface area contributed by atoms with Gasteiger partial charge in [0.15, 0.2) is 0 Å². The van der Waals surface area contributed by atoms with E-state index in [1.165, 1.54) is 14.0 Å². The molecule has 1 rings (SSSR count). The summed E-state index contributed by atoms with van der Waals surface area (Å²) in [6.07, 6.45) is -0.698. The Morgan fingerprint density at radius 2 is 1.94 bits per heavy atom. The van der Waals surface area contributed by atoms with Gasteiger partial charge in [-0.1, -0.05) is 30.3 Å². The zero-order valence-corrected chi connectivity index (χ0v) is 9.92. The van der Waals surface area contributed by atoms with Gasteiger partial charge in [-0.25, -0.2) is 9.69 Å². The second-order valence-corrected chi connectivity index (χ2v) is 3.73. The van der Waals surface area contributed by atoms with Crippen molar-refractivity contribution in [3.8, 4) is 0 Å². The van der Waals surface area contributed by atoms with Crippen molar-refractivity contribution in [1.29, 1.82) is 0 Å². The highest BCUT2D eigenvalue weighted by Crippen LogP contribution is 2.03. The van der Waals surface area contributed by atoms with E-state index in [1.54, 1.807) is 0 Å². The van der Waals surface area contributed by atoms with Gasteiger partial charge in [0.2, 0.25) is 5.91 Å². The molecule has 0 bridgehead atoms. The summed E-state index contributed by atoms with van der Waals surface area (Å²) < 4.78 is 4.97. The molecule has 0 saturated heterocycles. The summed E-state index contributed by atoms with van der Waals surface area (Å²) in [6.45, 7) is 1.65. The molecule has 92 valence electrons. The number of imide groups is 1. The van der Waals surface area contributed by atoms with Gasteiger partial charge in [-0.3, -0.25) is 4.79 Å². The average molecular weight is 236 g/mol. The number of nitrogens with zero attached hydrogens (tertiary/aromatic N) is 1. The predicted molar refractivity (Wildman–Crippen MR) is 63.0 cm³/mol. The monoisotopic (exact) mass is 236 g/mol. The van der Waals surface area contributed by atoms with Gasteiger partial charge in [0.1, 0.15) is 6.61 Å². The topological polar surface area (TPSA) is 72.6 Å². The highest BCUT2D eigenvalue weighted by atomic mass is 16.6. The number of hydrogen-bond donors (Lipinski definition) is 1. The number of carbonyl (C=O) groups is 2. The van der Waals surface area contributed by atoms with Crippen LogP contribution in [0, 0.1) is 0 Å². The van der Waals surface area contributed by atoms with Crippen LogP contribution in [0.2, 0.25) is 0 Å². The Hall–Kier alpha value is -1.88. The number of rotatable bonds is 3. The fraction of sp³-hybridized carbons (Fsp3) is 0.333. The van der Waals surface area contributed by atoms with E-state index in [2.05, 4.69) is 0 Å². The largest absolute Gasteiger partial charge is 0.444 e. The van der Waals surface area contributed by atoms with E-state index in [9.17, 15) is 9.59 Å². The van der Waals surface area contributed by atoms with Crippen LogP contribution in [0.4, 0.5) is 4.79 Å². The van der Waals surface area contributed by atoms with Crippen molar-refractivity contribution in [2.75, 3.05) is 7.05 Å². The fourth-order valence-electron chi connectivity index (χ4n) is 1.21. The Bertz CT molecular complexity index is 390. The maximum absolute atomic E-state index is 11.5. The molecule has 0 spiro atoms. The molecule has 0 aromatic heterocycles. The molecule has 2 amide bonds. The van der Waals surface area contributed by atoms with Crippen molar-refractivity contribution < 1.29 is 14.3 Å². The molecule has 1 atom stereocenters. The van der Waals surface area contributed by atoms with Crippen molar-refractivity contribution in [3.63, 3.8) is 0 Å². The van der Waals surface area contributed by atoms with Crippen molar-refractivity contribution in [2.45, 2.75) is 19.6 Å². The molecule has 2 N–H and O–H groups in total. The Balaban J connectivity index is 2.48. The lowest BCUT2D eigenvalue weighted by Crippen LogP contribution is -2.43. The average Bonchev–Trinajstić information content (AvgIpc) is 2.35. The Morgan fingerprint density at radius 1 is 1.35 bits per heavy atom. The molecule has 0 aliphatic heterocycles. The van der Waals surface area contributed by atoms with Gasteiger partial charge in [0.05, 0.1) is 6.04 Å². The maximum atomic E-state index is 11.5. The van der Waals surface area contributed by atoms with Crippen LogP contribution >= 0.6 is 0 Å². The predicted octanol–water partition coefficient (Wildman–Crippen LogP) is 1.13. The Labute approximate surface area is 100 Å². The minimum absolute atomic E-state index is 0.135. The van der Waals surface area contributed by atoms with Crippen LogP contribution < -0.4 is 5.73 Å².